The number of hydrogen-bond acceptors (Lipinski definition) is 0. The first kappa shape index (κ1) is 7.92. The van der Waals surface area contributed by atoms with Crippen molar-refractivity contribution in [3.05, 3.63) is 47.5 Å². The summed E-state index contributed by atoms with van der Waals surface area (Å²) in [7, 11) is 0. The van der Waals surface area contributed by atoms with Crippen LogP contribution in [0.15, 0.2) is 36.4 Å². The van der Waals surface area contributed by atoms with Gasteiger partial charge in [-0.05, 0) is 21.9 Å². The molecule has 0 fully saturated rings. The molecule has 2 heteroatoms. The van der Waals surface area contributed by atoms with Gasteiger partial charge >= 0.3 is 0 Å². The van der Waals surface area contributed by atoms with Gasteiger partial charge in [-0.15, -0.1) is 0 Å². The lowest BCUT2D eigenvalue weighted by molar-refractivity contribution is 0.182. The van der Waals surface area contributed by atoms with Crippen LogP contribution >= 0.6 is 0 Å². The molecule has 1 aliphatic carbocycles. The molecule has 2 aromatic rings. The Hall–Kier alpha value is -1.44. The largest absolute Gasteiger partial charge is 0.239 e. The van der Waals surface area contributed by atoms with Gasteiger partial charge in [0.1, 0.15) is 0 Å². The van der Waals surface area contributed by atoms with E-state index in [1.165, 1.54) is 0 Å². The Labute approximate surface area is 80.2 Å². The molecule has 0 nitrogen and oxygen atoms in total. The van der Waals surface area contributed by atoms with Crippen LogP contribution in [0, 0.1) is 0 Å². The Morgan fingerprint density at radius 3 is 1.79 bits per heavy atom. The average molecular weight is 190 g/mol. The fourth-order valence-electron chi connectivity index (χ4n) is 2.17. The summed E-state index contributed by atoms with van der Waals surface area (Å²) in [5, 5.41) is 1.68. The lowest BCUT2D eigenvalue weighted by Crippen LogP contribution is -1.91. The zero-order chi connectivity index (χ0) is 9.71. The molecule has 0 unspecified atom stereocenters. The monoisotopic (exact) mass is 190 g/mol. The summed E-state index contributed by atoms with van der Waals surface area (Å²) in [6.45, 7) is 0. The zero-order valence-corrected chi connectivity index (χ0v) is 7.37. The van der Waals surface area contributed by atoms with Crippen LogP contribution in [0.4, 0.5) is 8.78 Å². The number of rotatable bonds is 0. The van der Waals surface area contributed by atoms with Crippen LogP contribution in [0.1, 0.15) is 23.5 Å². The van der Waals surface area contributed by atoms with Gasteiger partial charge in [0.05, 0.1) is 0 Å². The van der Waals surface area contributed by atoms with Gasteiger partial charge in [-0.2, -0.15) is 0 Å². The maximum Gasteiger partial charge on any atom is 0.161 e. The van der Waals surface area contributed by atoms with Gasteiger partial charge in [0.2, 0.25) is 0 Å². The van der Waals surface area contributed by atoms with Crippen molar-refractivity contribution in [2.24, 2.45) is 0 Å². The molecule has 2 aromatic carbocycles. The minimum absolute atomic E-state index is 0.491. The normalized spacial score (nSPS) is 24.4. The molecule has 0 heterocycles. The lowest BCUT2D eigenvalue weighted by Gasteiger charge is -2.02. The highest BCUT2D eigenvalue weighted by Gasteiger charge is 2.34. The molecule has 0 spiro atoms. The molecule has 3 rings (SSSR count). The maximum absolute atomic E-state index is 13.5. The van der Waals surface area contributed by atoms with E-state index in [4.69, 9.17) is 0 Å². The van der Waals surface area contributed by atoms with Gasteiger partial charge in [-0.3, -0.25) is 0 Å². The second-order valence-electron chi connectivity index (χ2n) is 3.60. The molecule has 0 saturated heterocycles. The smallest absolute Gasteiger partial charge is 0.161 e. The first-order chi connectivity index (χ1) is 6.79. The fraction of sp³-hybridized carbons (Fsp3) is 0.167. The van der Waals surface area contributed by atoms with E-state index in [2.05, 4.69) is 0 Å². The maximum atomic E-state index is 13.5. The highest BCUT2D eigenvalue weighted by molar-refractivity contribution is 5.91. The molecule has 0 amide bonds. The second-order valence-corrected chi connectivity index (χ2v) is 3.60. The SMILES string of the molecule is F[C@@H]1c2cccc3cccc(c23)[C@H]1F. The molecule has 0 N–H and O–H groups in total. The summed E-state index contributed by atoms with van der Waals surface area (Å²) in [5.74, 6) is 0. The third kappa shape index (κ3) is 0.808. The Morgan fingerprint density at radius 2 is 1.29 bits per heavy atom. The van der Waals surface area contributed by atoms with E-state index >= 15 is 0 Å². The van der Waals surface area contributed by atoms with Crippen LogP contribution in [0.2, 0.25) is 0 Å². The molecule has 70 valence electrons. The highest BCUT2D eigenvalue weighted by Crippen LogP contribution is 2.47. The van der Waals surface area contributed by atoms with E-state index in [1.807, 2.05) is 12.1 Å². The van der Waals surface area contributed by atoms with Gasteiger partial charge in [-0.25, -0.2) is 8.78 Å². The van der Waals surface area contributed by atoms with E-state index in [-0.39, 0.29) is 0 Å². The van der Waals surface area contributed by atoms with E-state index in [9.17, 15) is 8.78 Å². The number of alkyl halides is 2. The third-order valence-corrected chi connectivity index (χ3v) is 2.82. The van der Waals surface area contributed by atoms with Crippen molar-refractivity contribution >= 4 is 10.8 Å². The summed E-state index contributed by atoms with van der Waals surface area (Å²) in [6, 6.07) is 10.6. The van der Waals surface area contributed by atoms with Gasteiger partial charge in [-0.1, -0.05) is 36.4 Å². The molecule has 0 aromatic heterocycles. The van der Waals surface area contributed by atoms with E-state index in [0.717, 1.165) is 10.8 Å². The van der Waals surface area contributed by atoms with Gasteiger partial charge < -0.3 is 0 Å². The van der Waals surface area contributed by atoms with E-state index in [1.54, 1.807) is 24.3 Å². The van der Waals surface area contributed by atoms with Gasteiger partial charge in [0.15, 0.2) is 12.3 Å². The molecule has 0 aliphatic heterocycles. The Balaban J connectivity index is 2.49. The summed E-state index contributed by atoms with van der Waals surface area (Å²) in [6.07, 6.45) is -2.98. The summed E-state index contributed by atoms with van der Waals surface area (Å²) in [5.41, 5.74) is 0.983. The zero-order valence-electron chi connectivity index (χ0n) is 7.37. The van der Waals surface area contributed by atoms with Crippen molar-refractivity contribution in [3.63, 3.8) is 0 Å². The van der Waals surface area contributed by atoms with Crippen LogP contribution < -0.4 is 0 Å². The van der Waals surface area contributed by atoms with Crippen LogP contribution in [-0.4, -0.2) is 0 Å². The van der Waals surface area contributed by atoms with E-state index in [0.29, 0.717) is 11.1 Å². The first-order valence-corrected chi connectivity index (χ1v) is 4.59. The predicted octanol–water partition coefficient (Wildman–Crippen LogP) is 3.87. The Kier molecular flexibility index (Phi) is 1.43. The fourth-order valence-corrected chi connectivity index (χ4v) is 2.17. The molecule has 0 bridgehead atoms. The molecule has 0 radical (unpaired) electrons. The van der Waals surface area contributed by atoms with Gasteiger partial charge in [0, 0.05) is 0 Å². The van der Waals surface area contributed by atoms with Crippen molar-refractivity contribution in [1.82, 2.24) is 0 Å². The van der Waals surface area contributed by atoms with Crippen molar-refractivity contribution in [2.45, 2.75) is 12.3 Å². The van der Waals surface area contributed by atoms with Crippen molar-refractivity contribution in [2.75, 3.05) is 0 Å². The summed E-state index contributed by atoms with van der Waals surface area (Å²) >= 11 is 0. The van der Waals surface area contributed by atoms with Crippen LogP contribution in [0.5, 0.6) is 0 Å². The number of halogens is 2. The summed E-state index contributed by atoms with van der Waals surface area (Å²) in [4.78, 5) is 0. The third-order valence-electron chi connectivity index (χ3n) is 2.82. The highest BCUT2D eigenvalue weighted by atomic mass is 19.2. The van der Waals surface area contributed by atoms with Crippen LogP contribution in [0.25, 0.3) is 10.8 Å². The average Bonchev–Trinajstić information content (AvgIpc) is 2.47. The number of hydrogen-bond donors (Lipinski definition) is 0. The van der Waals surface area contributed by atoms with Crippen molar-refractivity contribution < 1.29 is 8.78 Å². The first-order valence-electron chi connectivity index (χ1n) is 4.59. The quantitative estimate of drug-likeness (QED) is 0.591. The Bertz CT molecular complexity index is 462. The molecule has 1 aliphatic rings. The number of benzene rings is 2. The minimum Gasteiger partial charge on any atom is -0.239 e. The lowest BCUT2D eigenvalue weighted by atomic mass is 10.1. The standard InChI is InChI=1S/C12H8F2/c13-11-8-5-1-3-7-4-2-6-9(10(7)8)12(11)14/h1-6,11-12H/t11-,12-/m1/s1. The van der Waals surface area contributed by atoms with Gasteiger partial charge in [0.25, 0.3) is 0 Å². The molecule has 2 atom stereocenters. The summed E-state index contributed by atoms with van der Waals surface area (Å²) < 4.78 is 27.0. The minimum atomic E-state index is -1.49. The van der Waals surface area contributed by atoms with Crippen molar-refractivity contribution in [3.8, 4) is 0 Å². The molecule has 0 saturated carbocycles. The molecule has 14 heavy (non-hydrogen) atoms. The molecular formula is C12H8F2. The Morgan fingerprint density at radius 1 is 0.786 bits per heavy atom. The second kappa shape index (κ2) is 2.53. The topological polar surface area (TPSA) is 0 Å². The van der Waals surface area contributed by atoms with Crippen LogP contribution in [0.3, 0.4) is 0 Å². The van der Waals surface area contributed by atoms with E-state index < -0.39 is 12.3 Å². The molecular weight excluding hydrogens is 182 g/mol. The van der Waals surface area contributed by atoms with Crippen LogP contribution in [-0.2, 0) is 0 Å². The predicted molar refractivity (Wildman–Crippen MR) is 51.6 cm³/mol. The van der Waals surface area contributed by atoms with Crippen molar-refractivity contribution in [1.29, 1.82) is 0 Å².